The first-order chi connectivity index (χ1) is 8.59. The fourth-order valence-electron chi connectivity index (χ4n) is 2.63. The monoisotopic (exact) mass is 251 g/mol. The van der Waals surface area contributed by atoms with Gasteiger partial charge in [-0.2, -0.15) is 0 Å². The van der Waals surface area contributed by atoms with Gasteiger partial charge in [0.1, 0.15) is 6.17 Å². The molecule has 0 radical (unpaired) electrons. The van der Waals surface area contributed by atoms with Gasteiger partial charge in [-0.1, -0.05) is 18.2 Å². The summed E-state index contributed by atoms with van der Waals surface area (Å²) >= 11 is 0. The number of hydrogen-bond acceptors (Lipinski definition) is 2. The first-order valence-corrected chi connectivity index (χ1v) is 6.24. The molecule has 98 valence electrons. The maximum Gasteiger partial charge on any atom is 0.336 e. The number of carboxylic acid groups (broad SMARTS) is 1. The van der Waals surface area contributed by atoms with Gasteiger partial charge in [0.2, 0.25) is 0 Å². The minimum atomic E-state index is -1.19. The highest BCUT2D eigenvalue weighted by Crippen LogP contribution is 2.34. The van der Waals surface area contributed by atoms with E-state index in [1.807, 2.05) is 7.05 Å². The summed E-state index contributed by atoms with van der Waals surface area (Å²) in [6.45, 7) is 1.68. The molecule has 18 heavy (non-hydrogen) atoms. The Hall–Kier alpha value is -1.42. The minimum absolute atomic E-state index is 0.0817. The molecule has 2 unspecified atom stereocenters. The number of carboxylic acids is 1. The molecular weight excluding hydrogens is 233 g/mol. The topological polar surface area (TPSA) is 40.5 Å². The molecule has 0 spiro atoms. The van der Waals surface area contributed by atoms with Crippen LogP contribution in [0.25, 0.3) is 0 Å². The number of piperidine rings is 1. The van der Waals surface area contributed by atoms with E-state index in [1.54, 1.807) is 18.2 Å². The van der Waals surface area contributed by atoms with Crippen molar-refractivity contribution in [3.8, 4) is 0 Å². The fraction of sp³-hybridized carbons (Fsp3) is 0.500. The minimum Gasteiger partial charge on any atom is -0.478 e. The Labute approximate surface area is 106 Å². The van der Waals surface area contributed by atoms with Crippen molar-refractivity contribution in [1.82, 2.24) is 4.90 Å². The first-order valence-electron chi connectivity index (χ1n) is 6.24. The van der Waals surface area contributed by atoms with Crippen molar-refractivity contribution in [2.45, 2.75) is 19.0 Å². The van der Waals surface area contributed by atoms with Gasteiger partial charge in [-0.3, -0.25) is 0 Å². The van der Waals surface area contributed by atoms with Crippen LogP contribution in [0.15, 0.2) is 24.3 Å². The summed E-state index contributed by atoms with van der Waals surface area (Å²) in [4.78, 5) is 13.2. The van der Waals surface area contributed by atoms with Crippen LogP contribution in [0.5, 0.6) is 0 Å². The molecule has 3 nitrogen and oxygen atoms in total. The Kier molecular flexibility index (Phi) is 3.97. The van der Waals surface area contributed by atoms with Gasteiger partial charge in [0.25, 0.3) is 0 Å². The summed E-state index contributed by atoms with van der Waals surface area (Å²) in [5.41, 5.74) is 0.392. The zero-order chi connectivity index (χ0) is 13.1. The van der Waals surface area contributed by atoms with Gasteiger partial charge < -0.3 is 10.0 Å². The molecule has 1 heterocycles. The van der Waals surface area contributed by atoms with E-state index < -0.39 is 12.1 Å². The van der Waals surface area contributed by atoms with Gasteiger partial charge in [-0.15, -0.1) is 0 Å². The van der Waals surface area contributed by atoms with Crippen molar-refractivity contribution in [3.05, 3.63) is 35.4 Å². The molecule has 0 bridgehead atoms. The number of carbonyl (C=O) groups is 1. The standard InChI is InChI=1S/C14H18FNO2/c1-16-8-4-5-10(9-16)13(15)11-6-2-3-7-12(11)14(17)18/h2-3,6-7,10,13H,4-5,8-9H2,1H3,(H,17,18). The van der Waals surface area contributed by atoms with Gasteiger partial charge in [-0.25, -0.2) is 9.18 Å². The third-order valence-corrected chi connectivity index (χ3v) is 3.56. The molecule has 1 aromatic carbocycles. The van der Waals surface area contributed by atoms with Gasteiger partial charge in [-0.05, 0) is 32.5 Å². The van der Waals surface area contributed by atoms with Crippen LogP contribution in [0.2, 0.25) is 0 Å². The second kappa shape index (κ2) is 5.48. The van der Waals surface area contributed by atoms with E-state index in [2.05, 4.69) is 4.90 Å². The van der Waals surface area contributed by atoms with E-state index in [4.69, 9.17) is 5.11 Å². The van der Waals surface area contributed by atoms with E-state index in [9.17, 15) is 9.18 Å². The smallest absolute Gasteiger partial charge is 0.336 e. The normalized spacial score (nSPS) is 22.7. The van der Waals surface area contributed by atoms with Crippen LogP contribution in [0.3, 0.4) is 0 Å². The quantitative estimate of drug-likeness (QED) is 0.898. The summed E-state index contributed by atoms with van der Waals surface area (Å²) in [5.74, 6) is -1.17. The lowest BCUT2D eigenvalue weighted by atomic mass is 9.88. The number of likely N-dealkylation sites (tertiary alicyclic amines) is 1. The number of aromatic carboxylic acids is 1. The van der Waals surface area contributed by atoms with Crippen molar-refractivity contribution in [1.29, 1.82) is 0 Å². The molecule has 4 heteroatoms. The van der Waals surface area contributed by atoms with E-state index in [0.29, 0.717) is 12.1 Å². The summed E-state index contributed by atoms with van der Waals surface area (Å²) < 4.78 is 14.5. The Balaban J connectivity index is 2.22. The van der Waals surface area contributed by atoms with Crippen LogP contribution >= 0.6 is 0 Å². The third kappa shape index (κ3) is 2.70. The van der Waals surface area contributed by atoms with Crippen molar-refractivity contribution in [3.63, 3.8) is 0 Å². The summed E-state index contributed by atoms with van der Waals surface area (Å²) in [5, 5.41) is 9.09. The van der Waals surface area contributed by atoms with E-state index >= 15 is 0 Å². The lowest BCUT2D eigenvalue weighted by molar-refractivity contribution is 0.0687. The third-order valence-electron chi connectivity index (χ3n) is 3.56. The zero-order valence-corrected chi connectivity index (χ0v) is 10.5. The maximum atomic E-state index is 14.5. The van der Waals surface area contributed by atoms with Gasteiger partial charge in [0, 0.05) is 18.0 Å². The van der Waals surface area contributed by atoms with Crippen LogP contribution in [-0.4, -0.2) is 36.1 Å². The Bertz CT molecular complexity index is 436. The lowest BCUT2D eigenvalue weighted by Gasteiger charge is -2.32. The number of benzene rings is 1. The molecule has 0 amide bonds. The summed E-state index contributed by atoms with van der Waals surface area (Å²) in [6.07, 6.45) is 0.594. The number of halogens is 1. The van der Waals surface area contributed by atoms with Crippen LogP contribution in [0.4, 0.5) is 4.39 Å². The van der Waals surface area contributed by atoms with Crippen LogP contribution in [0, 0.1) is 5.92 Å². The predicted molar refractivity (Wildman–Crippen MR) is 67.5 cm³/mol. The molecule has 2 atom stereocenters. The molecule has 1 aliphatic rings. The number of rotatable bonds is 3. The largest absolute Gasteiger partial charge is 0.478 e. The first kappa shape index (κ1) is 13.0. The molecule has 0 aliphatic carbocycles. The van der Waals surface area contributed by atoms with Crippen molar-refractivity contribution >= 4 is 5.97 Å². The zero-order valence-electron chi connectivity index (χ0n) is 10.5. The van der Waals surface area contributed by atoms with Crippen LogP contribution in [0.1, 0.15) is 34.9 Å². The van der Waals surface area contributed by atoms with Gasteiger partial charge in [0.15, 0.2) is 0 Å². The van der Waals surface area contributed by atoms with E-state index in [0.717, 1.165) is 19.4 Å². The summed E-state index contributed by atoms with van der Waals surface area (Å²) in [6, 6.07) is 6.38. The molecule has 1 aliphatic heterocycles. The second-order valence-electron chi connectivity index (χ2n) is 4.96. The maximum absolute atomic E-state index is 14.5. The molecule has 1 N–H and O–H groups in total. The Morgan fingerprint density at radius 3 is 2.89 bits per heavy atom. The SMILES string of the molecule is CN1CCCC(C(F)c2ccccc2C(=O)O)C1. The molecule has 0 aromatic heterocycles. The van der Waals surface area contributed by atoms with Gasteiger partial charge >= 0.3 is 5.97 Å². The van der Waals surface area contributed by atoms with Crippen molar-refractivity contribution < 1.29 is 14.3 Å². The fourth-order valence-corrected chi connectivity index (χ4v) is 2.63. The molecular formula is C14H18FNO2. The molecule has 0 saturated carbocycles. The molecule has 1 aromatic rings. The highest BCUT2D eigenvalue weighted by molar-refractivity contribution is 5.89. The molecule has 1 fully saturated rings. The van der Waals surface area contributed by atoms with Crippen LogP contribution < -0.4 is 0 Å². The predicted octanol–water partition coefficient (Wildman–Crippen LogP) is 2.74. The average Bonchev–Trinajstić information content (AvgIpc) is 2.38. The van der Waals surface area contributed by atoms with Crippen LogP contribution in [-0.2, 0) is 0 Å². The Morgan fingerprint density at radius 2 is 2.22 bits per heavy atom. The lowest BCUT2D eigenvalue weighted by Crippen LogP contribution is -2.34. The number of nitrogens with zero attached hydrogens (tertiary/aromatic N) is 1. The second-order valence-corrected chi connectivity index (χ2v) is 4.96. The highest BCUT2D eigenvalue weighted by Gasteiger charge is 2.29. The number of hydrogen-bond donors (Lipinski definition) is 1. The molecule has 2 rings (SSSR count). The summed E-state index contributed by atoms with van der Waals surface area (Å²) in [7, 11) is 1.97. The van der Waals surface area contributed by atoms with Crippen molar-refractivity contribution in [2.24, 2.45) is 5.92 Å². The Morgan fingerprint density at radius 1 is 1.50 bits per heavy atom. The number of alkyl halides is 1. The van der Waals surface area contributed by atoms with Gasteiger partial charge in [0.05, 0.1) is 5.56 Å². The van der Waals surface area contributed by atoms with Crippen molar-refractivity contribution in [2.75, 3.05) is 20.1 Å². The molecule has 1 saturated heterocycles. The highest BCUT2D eigenvalue weighted by atomic mass is 19.1. The van der Waals surface area contributed by atoms with E-state index in [1.165, 1.54) is 6.07 Å². The van der Waals surface area contributed by atoms with E-state index in [-0.39, 0.29) is 11.5 Å². The average molecular weight is 251 g/mol.